The number of nitrogens with zero attached hydrogens (tertiary/aromatic N) is 1. The van der Waals surface area contributed by atoms with Crippen molar-refractivity contribution in [1.82, 2.24) is 4.90 Å². The molecule has 0 aromatic rings. The van der Waals surface area contributed by atoms with Gasteiger partial charge in [-0.1, -0.05) is 19.3 Å². The monoisotopic (exact) mass is 237 g/mol. The van der Waals surface area contributed by atoms with Gasteiger partial charge in [0, 0.05) is 18.9 Å². The van der Waals surface area contributed by atoms with Crippen LogP contribution < -0.4 is 0 Å². The molecular formula is C15H27NO. The van der Waals surface area contributed by atoms with E-state index < -0.39 is 0 Å². The molecule has 2 saturated carbocycles. The van der Waals surface area contributed by atoms with E-state index in [1.165, 1.54) is 58.0 Å². The van der Waals surface area contributed by atoms with E-state index in [1.807, 2.05) is 0 Å². The summed E-state index contributed by atoms with van der Waals surface area (Å²) in [7, 11) is 0. The summed E-state index contributed by atoms with van der Waals surface area (Å²) in [5.41, 5.74) is 0. The van der Waals surface area contributed by atoms with Crippen LogP contribution in [0.4, 0.5) is 0 Å². The van der Waals surface area contributed by atoms with Gasteiger partial charge in [-0.05, 0) is 51.6 Å². The molecule has 1 saturated heterocycles. The fraction of sp³-hybridized carbons (Fsp3) is 0.933. The maximum absolute atomic E-state index is 10.2. The molecule has 3 fully saturated rings. The number of carbonyl (C=O) groups excluding carboxylic acids is 1. The van der Waals surface area contributed by atoms with E-state index in [0.29, 0.717) is 5.78 Å². The molecule has 0 spiro atoms. The van der Waals surface area contributed by atoms with Gasteiger partial charge >= 0.3 is 0 Å². The first kappa shape index (κ1) is 13.1. The SMILES string of the molecule is C1CCN(C2CCCC2)CC1.O=C1CCCC1. The summed E-state index contributed by atoms with van der Waals surface area (Å²) in [5.74, 6) is 0.454. The molecule has 0 radical (unpaired) electrons. The molecule has 98 valence electrons. The molecule has 0 aromatic carbocycles. The van der Waals surface area contributed by atoms with E-state index >= 15 is 0 Å². The Labute approximate surface area is 106 Å². The van der Waals surface area contributed by atoms with Crippen molar-refractivity contribution >= 4 is 5.78 Å². The second-order valence-corrected chi connectivity index (χ2v) is 5.78. The highest BCUT2D eigenvalue weighted by atomic mass is 16.1. The lowest BCUT2D eigenvalue weighted by Gasteiger charge is -2.31. The van der Waals surface area contributed by atoms with Gasteiger partial charge in [-0.25, -0.2) is 0 Å². The molecule has 0 amide bonds. The van der Waals surface area contributed by atoms with Gasteiger partial charge < -0.3 is 4.90 Å². The van der Waals surface area contributed by atoms with Gasteiger partial charge in [0.25, 0.3) is 0 Å². The quantitative estimate of drug-likeness (QED) is 0.695. The van der Waals surface area contributed by atoms with Gasteiger partial charge in [-0.15, -0.1) is 0 Å². The minimum Gasteiger partial charge on any atom is -0.300 e. The minimum absolute atomic E-state index is 0.454. The van der Waals surface area contributed by atoms with Crippen molar-refractivity contribution < 1.29 is 4.79 Å². The molecule has 1 heterocycles. The van der Waals surface area contributed by atoms with Crippen molar-refractivity contribution in [3.8, 4) is 0 Å². The van der Waals surface area contributed by atoms with Crippen LogP contribution in [0.1, 0.15) is 70.6 Å². The van der Waals surface area contributed by atoms with Crippen molar-refractivity contribution in [2.24, 2.45) is 0 Å². The lowest BCUT2D eigenvalue weighted by molar-refractivity contribution is -0.117. The molecule has 1 aliphatic heterocycles. The molecule has 3 aliphatic rings. The third kappa shape index (κ3) is 4.42. The minimum atomic E-state index is 0.454. The summed E-state index contributed by atoms with van der Waals surface area (Å²) in [4.78, 5) is 13.0. The number of rotatable bonds is 1. The Morgan fingerprint density at radius 2 is 1.35 bits per heavy atom. The first-order valence-corrected chi connectivity index (χ1v) is 7.62. The molecule has 2 nitrogen and oxygen atoms in total. The number of hydrogen-bond acceptors (Lipinski definition) is 2. The van der Waals surface area contributed by atoms with Crippen LogP contribution in [0.2, 0.25) is 0 Å². The number of hydrogen-bond donors (Lipinski definition) is 0. The summed E-state index contributed by atoms with van der Waals surface area (Å²) in [6, 6.07) is 0.982. The Balaban J connectivity index is 0.000000153. The van der Waals surface area contributed by atoms with Crippen molar-refractivity contribution in [3.63, 3.8) is 0 Å². The highest BCUT2D eigenvalue weighted by Gasteiger charge is 2.23. The molecule has 17 heavy (non-hydrogen) atoms. The number of likely N-dealkylation sites (tertiary alicyclic amines) is 1. The van der Waals surface area contributed by atoms with Crippen LogP contribution in [0.5, 0.6) is 0 Å². The van der Waals surface area contributed by atoms with E-state index in [9.17, 15) is 4.79 Å². The zero-order chi connectivity index (χ0) is 11.9. The van der Waals surface area contributed by atoms with E-state index in [0.717, 1.165) is 31.7 Å². The number of ketones is 1. The van der Waals surface area contributed by atoms with Gasteiger partial charge in [0.1, 0.15) is 5.78 Å². The zero-order valence-corrected chi connectivity index (χ0v) is 11.1. The average molecular weight is 237 g/mol. The predicted molar refractivity (Wildman–Crippen MR) is 71.2 cm³/mol. The molecule has 0 N–H and O–H groups in total. The van der Waals surface area contributed by atoms with Crippen LogP contribution in [0.25, 0.3) is 0 Å². The molecule has 3 rings (SSSR count). The van der Waals surface area contributed by atoms with Crippen LogP contribution >= 0.6 is 0 Å². The highest BCUT2D eigenvalue weighted by Crippen LogP contribution is 2.25. The molecule has 2 heteroatoms. The highest BCUT2D eigenvalue weighted by molar-refractivity contribution is 5.80. The van der Waals surface area contributed by atoms with Gasteiger partial charge in [-0.3, -0.25) is 4.79 Å². The fourth-order valence-electron chi connectivity index (χ4n) is 3.32. The Bertz CT molecular complexity index is 219. The number of Topliss-reactive ketones (excluding diaryl/α,β-unsaturated/α-hetero) is 1. The molecule has 0 atom stereocenters. The van der Waals surface area contributed by atoms with E-state index in [1.54, 1.807) is 0 Å². The normalized spacial score (nSPS) is 26.9. The summed E-state index contributed by atoms with van der Waals surface area (Å²) < 4.78 is 0. The molecule has 0 bridgehead atoms. The third-order valence-corrected chi connectivity index (χ3v) is 4.39. The lowest BCUT2D eigenvalue weighted by atomic mass is 10.1. The van der Waals surface area contributed by atoms with Crippen LogP contribution in [0.15, 0.2) is 0 Å². The first-order valence-electron chi connectivity index (χ1n) is 7.62. The van der Waals surface area contributed by atoms with Crippen molar-refractivity contribution in [2.45, 2.75) is 76.7 Å². The second-order valence-electron chi connectivity index (χ2n) is 5.78. The molecule has 2 aliphatic carbocycles. The number of piperidine rings is 1. The Morgan fingerprint density at radius 3 is 1.82 bits per heavy atom. The molecular weight excluding hydrogens is 210 g/mol. The summed E-state index contributed by atoms with van der Waals surface area (Å²) in [6.07, 6.45) is 14.3. The topological polar surface area (TPSA) is 20.3 Å². The van der Waals surface area contributed by atoms with Crippen molar-refractivity contribution in [2.75, 3.05) is 13.1 Å². The van der Waals surface area contributed by atoms with Gasteiger partial charge in [-0.2, -0.15) is 0 Å². The van der Waals surface area contributed by atoms with Gasteiger partial charge in [0.2, 0.25) is 0 Å². The molecule has 0 unspecified atom stereocenters. The second kappa shape index (κ2) is 7.15. The summed E-state index contributed by atoms with van der Waals surface area (Å²) >= 11 is 0. The van der Waals surface area contributed by atoms with Crippen LogP contribution in [0.3, 0.4) is 0 Å². The standard InChI is InChI=1S/C10H19N.C5H8O/c1-4-8-11(9-5-1)10-6-2-3-7-10;6-5-3-1-2-4-5/h10H,1-9H2;1-4H2. The van der Waals surface area contributed by atoms with Crippen LogP contribution in [-0.4, -0.2) is 29.8 Å². The molecule has 0 aromatic heterocycles. The summed E-state index contributed by atoms with van der Waals surface area (Å²) in [6.45, 7) is 2.79. The Morgan fingerprint density at radius 1 is 0.765 bits per heavy atom. The van der Waals surface area contributed by atoms with Crippen molar-refractivity contribution in [3.05, 3.63) is 0 Å². The van der Waals surface area contributed by atoms with Gasteiger partial charge in [0.15, 0.2) is 0 Å². The lowest BCUT2D eigenvalue weighted by Crippen LogP contribution is -2.37. The maximum Gasteiger partial charge on any atom is 0.132 e. The summed E-state index contributed by atoms with van der Waals surface area (Å²) in [5, 5.41) is 0. The van der Waals surface area contributed by atoms with Crippen LogP contribution in [0, 0.1) is 0 Å². The van der Waals surface area contributed by atoms with Gasteiger partial charge in [0.05, 0.1) is 0 Å². The van der Waals surface area contributed by atoms with Crippen molar-refractivity contribution in [1.29, 1.82) is 0 Å². The average Bonchev–Trinajstić information content (AvgIpc) is 3.03. The Kier molecular flexibility index (Phi) is 5.50. The Hall–Kier alpha value is -0.370. The van der Waals surface area contributed by atoms with E-state index in [4.69, 9.17) is 0 Å². The largest absolute Gasteiger partial charge is 0.300 e. The zero-order valence-electron chi connectivity index (χ0n) is 11.1. The first-order chi connectivity index (χ1) is 8.36. The van der Waals surface area contributed by atoms with E-state index in [-0.39, 0.29) is 0 Å². The predicted octanol–water partition coefficient (Wildman–Crippen LogP) is 3.54. The third-order valence-electron chi connectivity index (χ3n) is 4.39. The maximum atomic E-state index is 10.2. The van der Waals surface area contributed by atoms with E-state index in [2.05, 4.69) is 4.90 Å². The van der Waals surface area contributed by atoms with Crippen LogP contribution in [-0.2, 0) is 4.79 Å². The number of carbonyl (C=O) groups is 1. The smallest absolute Gasteiger partial charge is 0.132 e. The fourth-order valence-corrected chi connectivity index (χ4v) is 3.32.